The van der Waals surface area contributed by atoms with Crippen molar-refractivity contribution in [3.63, 3.8) is 0 Å². The largest absolute Gasteiger partial charge is 0.352 e. The molecule has 0 bridgehead atoms. The zero-order valence-corrected chi connectivity index (χ0v) is 10.4. The summed E-state index contributed by atoms with van der Waals surface area (Å²) in [6.07, 6.45) is 1.13. The standard InChI is InChI=1S/C12H22N2O/c1-6-12(7-2,8-13)11(15)14-10(5)9(3)4/h9-10H,6-7H2,1-5H3,(H,14,15). The fourth-order valence-corrected chi connectivity index (χ4v) is 1.29. The minimum absolute atomic E-state index is 0.114. The van der Waals surface area contributed by atoms with E-state index in [1.54, 1.807) is 0 Å². The van der Waals surface area contributed by atoms with Crippen LogP contribution < -0.4 is 5.32 Å². The Morgan fingerprint density at radius 2 is 1.80 bits per heavy atom. The van der Waals surface area contributed by atoms with Crippen LogP contribution in [-0.2, 0) is 4.79 Å². The number of hydrogen-bond acceptors (Lipinski definition) is 2. The van der Waals surface area contributed by atoms with Gasteiger partial charge < -0.3 is 5.32 Å². The molecule has 1 atom stereocenters. The van der Waals surface area contributed by atoms with Gasteiger partial charge >= 0.3 is 0 Å². The molecule has 3 heteroatoms. The number of nitrogens with one attached hydrogen (secondary N) is 1. The summed E-state index contributed by atoms with van der Waals surface area (Å²) in [6.45, 7) is 9.84. The monoisotopic (exact) mass is 210 g/mol. The molecule has 0 saturated heterocycles. The van der Waals surface area contributed by atoms with E-state index in [-0.39, 0.29) is 11.9 Å². The van der Waals surface area contributed by atoms with Crippen LogP contribution in [0.5, 0.6) is 0 Å². The Morgan fingerprint density at radius 1 is 1.33 bits per heavy atom. The normalized spacial score (nSPS) is 13.4. The summed E-state index contributed by atoms with van der Waals surface area (Å²) >= 11 is 0. The maximum Gasteiger partial charge on any atom is 0.240 e. The van der Waals surface area contributed by atoms with Crippen LogP contribution in [0.1, 0.15) is 47.5 Å². The third-order valence-corrected chi connectivity index (χ3v) is 3.21. The Bertz CT molecular complexity index is 249. The summed E-state index contributed by atoms with van der Waals surface area (Å²) in [7, 11) is 0. The Balaban J connectivity index is 4.62. The first-order chi connectivity index (χ1) is 6.93. The summed E-state index contributed by atoms with van der Waals surface area (Å²) in [6, 6.07) is 2.26. The van der Waals surface area contributed by atoms with E-state index in [2.05, 4.69) is 25.2 Å². The van der Waals surface area contributed by atoms with Crippen LogP contribution in [-0.4, -0.2) is 11.9 Å². The Morgan fingerprint density at radius 3 is 2.07 bits per heavy atom. The van der Waals surface area contributed by atoms with Crippen LogP contribution in [0, 0.1) is 22.7 Å². The van der Waals surface area contributed by atoms with Gasteiger partial charge in [-0.05, 0) is 25.7 Å². The smallest absolute Gasteiger partial charge is 0.240 e. The van der Waals surface area contributed by atoms with E-state index in [9.17, 15) is 4.79 Å². The predicted octanol–water partition coefficient (Wildman–Crippen LogP) is 2.48. The lowest BCUT2D eigenvalue weighted by molar-refractivity contribution is -0.129. The summed E-state index contributed by atoms with van der Waals surface area (Å²) in [5.74, 6) is 0.259. The Hall–Kier alpha value is -1.04. The van der Waals surface area contributed by atoms with Crippen molar-refractivity contribution in [1.29, 1.82) is 5.26 Å². The predicted molar refractivity (Wildman–Crippen MR) is 61.1 cm³/mol. The van der Waals surface area contributed by atoms with Gasteiger partial charge in [0.2, 0.25) is 5.91 Å². The topological polar surface area (TPSA) is 52.9 Å². The number of nitriles is 1. The Labute approximate surface area is 92.9 Å². The van der Waals surface area contributed by atoms with Crippen LogP contribution in [0.2, 0.25) is 0 Å². The van der Waals surface area contributed by atoms with Gasteiger partial charge in [0.1, 0.15) is 5.41 Å². The Kier molecular flexibility index (Phi) is 5.35. The van der Waals surface area contributed by atoms with Crippen molar-refractivity contribution in [3.05, 3.63) is 0 Å². The second kappa shape index (κ2) is 5.75. The molecule has 0 aliphatic heterocycles. The SMILES string of the molecule is CCC(C#N)(CC)C(=O)NC(C)C(C)C. The highest BCUT2D eigenvalue weighted by molar-refractivity contribution is 5.85. The van der Waals surface area contributed by atoms with Crippen molar-refractivity contribution in [2.45, 2.75) is 53.5 Å². The molecule has 86 valence electrons. The van der Waals surface area contributed by atoms with Gasteiger partial charge in [-0.15, -0.1) is 0 Å². The summed E-state index contributed by atoms with van der Waals surface area (Å²) < 4.78 is 0. The molecule has 0 aliphatic rings. The van der Waals surface area contributed by atoms with Crippen molar-refractivity contribution < 1.29 is 4.79 Å². The first kappa shape index (κ1) is 14.0. The molecule has 0 heterocycles. The van der Waals surface area contributed by atoms with Gasteiger partial charge in [0.15, 0.2) is 0 Å². The van der Waals surface area contributed by atoms with E-state index in [1.807, 2.05) is 20.8 Å². The van der Waals surface area contributed by atoms with E-state index in [0.29, 0.717) is 18.8 Å². The van der Waals surface area contributed by atoms with Crippen LogP contribution in [0.3, 0.4) is 0 Å². The molecule has 0 fully saturated rings. The minimum atomic E-state index is -0.844. The maximum atomic E-state index is 11.9. The summed E-state index contributed by atoms with van der Waals surface area (Å²) in [5, 5.41) is 12.0. The van der Waals surface area contributed by atoms with Crippen LogP contribution in [0.15, 0.2) is 0 Å². The van der Waals surface area contributed by atoms with E-state index in [1.165, 1.54) is 0 Å². The van der Waals surface area contributed by atoms with E-state index >= 15 is 0 Å². The lowest BCUT2D eigenvalue weighted by Gasteiger charge is -2.26. The van der Waals surface area contributed by atoms with Gasteiger partial charge in [-0.25, -0.2) is 0 Å². The van der Waals surface area contributed by atoms with Crippen molar-refractivity contribution in [1.82, 2.24) is 5.32 Å². The number of rotatable bonds is 5. The third-order valence-electron chi connectivity index (χ3n) is 3.21. The second-order valence-electron chi connectivity index (χ2n) is 4.41. The first-order valence-electron chi connectivity index (χ1n) is 5.65. The minimum Gasteiger partial charge on any atom is -0.352 e. The highest BCUT2D eigenvalue weighted by Crippen LogP contribution is 2.25. The molecule has 0 aromatic heterocycles. The lowest BCUT2D eigenvalue weighted by Crippen LogP contribution is -2.45. The summed E-state index contributed by atoms with van der Waals surface area (Å²) in [4.78, 5) is 11.9. The molecule has 0 saturated carbocycles. The number of hydrogen-bond donors (Lipinski definition) is 1. The molecule has 0 rings (SSSR count). The maximum absolute atomic E-state index is 11.9. The van der Waals surface area contributed by atoms with Crippen LogP contribution >= 0.6 is 0 Å². The lowest BCUT2D eigenvalue weighted by atomic mass is 9.82. The van der Waals surface area contributed by atoms with Crippen molar-refractivity contribution in [3.8, 4) is 6.07 Å². The van der Waals surface area contributed by atoms with Gasteiger partial charge in [0.25, 0.3) is 0 Å². The third kappa shape index (κ3) is 3.23. The van der Waals surface area contributed by atoms with Gasteiger partial charge in [-0.2, -0.15) is 5.26 Å². The molecule has 0 aromatic rings. The number of carbonyl (C=O) groups is 1. The molecule has 15 heavy (non-hydrogen) atoms. The highest BCUT2D eigenvalue weighted by Gasteiger charge is 2.35. The molecule has 0 radical (unpaired) electrons. The second-order valence-corrected chi connectivity index (χ2v) is 4.41. The molecule has 0 spiro atoms. The van der Waals surface area contributed by atoms with Crippen molar-refractivity contribution in [2.75, 3.05) is 0 Å². The fourth-order valence-electron chi connectivity index (χ4n) is 1.29. The van der Waals surface area contributed by atoms with Crippen LogP contribution in [0.4, 0.5) is 0 Å². The molecular formula is C12H22N2O. The van der Waals surface area contributed by atoms with Crippen molar-refractivity contribution in [2.24, 2.45) is 11.3 Å². The van der Waals surface area contributed by atoms with Gasteiger partial charge in [0, 0.05) is 6.04 Å². The van der Waals surface area contributed by atoms with E-state index < -0.39 is 5.41 Å². The molecule has 1 unspecified atom stereocenters. The zero-order valence-electron chi connectivity index (χ0n) is 10.4. The average Bonchev–Trinajstić information content (AvgIpc) is 2.21. The molecule has 1 amide bonds. The highest BCUT2D eigenvalue weighted by atomic mass is 16.2. The van der Waals surface area contributed by atoms with E-state index in [4.69, 9.17) is 5.26 Å². The van der Waals surface area contributed by atoms with Gasteiger partial charge in [-0.1, -0.05) is 27.7 Å². The molecule has 3 nitrogen and oxygen atoms in total. The average molecular weight is 210 g/mol. The van der Waals surface area contributed by atoms with Crippen LogP contribution in [0.25, 0.3) is 0 Å². The zero-order chi connectivity index (χ0) is 12.1. The molecule has 1 N–H and O–H groups in total. The fraction of sp³-hybridized carbons (Fsp3) is 0.833. The number of carbonyl (C=O) groups excluding carboxylic acids is 1. The first-order valence-corrected chi connectivity index (χ1v) is 5.65. The number of nitrogens with zero attached hydrogens (tertiary/aromatic N) is 1. The molecular weight excluding hydrogens is 188 g/mol. The van der Waals surface area contributed by atoms with E-state index in [0.717, 1.165) is 0 Å². The number of amides is 1. The molecule has 0 aliphatic carbocycles. The van der Waals surface area contributed by atoms with Gasteiger partial charge in [0.05, 0.1) is 6.07 Å². The molecule has 0 aromatic carbocycles. The van der Waals surface area contributed by atoms with Gasteiger partial charge in [-0.3, -0.25) is 4.79 Å². The van der Waals surface area contributed by atoms with Crippen molar-refractivity contribution >= 4 is 5.91 Å². The quantitative estimate of drug-likeness (QED) is 0.758. The summed E-state index contributed by atoms with van der Waals surface area (Å²) in [5.41, 5.74) is -0.844.